The van der Waals surface area contributed by atoms with Crippen molar-refractivity contribution < 1.29 is 4.79 Å². The number of carbonyl (C=O) groups is 1. The summed E-state index contributed by atoms with van der Waals surface area (Å²) in [5, 5.41) is 3.28. The van der Waals surface area contributed by atoms with Crippen LogP contribution >= 0.6 is 0 Å². The topological polar surface area (TPSA) is 41.5 Å². The van der Waals surface area contributed by atoms with Gasteiger partial charge in [0.1, 0.15) is 11.4 Å². The normalized spacial score (nSPS) is 46.8. The van der Waals surface area contributed by atoms with Gasteiger partial charge in [0.15, 0.2) is 0 Å². The van der Waals surface area contributed by atoms with E-state index in [0.717, 1.165) is 36.4 Å². The maximum absolute atomic E-state index is 12.6. The summed E-state index contributed by atoms with van der Waals surface area (Å²) >= 11 is 0. The molecular formula is C18H26N2O. The molecular weight excluding hydrogens is 260 g/mol. The number of amides is 1. The fraction of sp³-hybridized carbons (Fsp3) is 0.889. The van der Waals surface area contributed by atoms with E-state index in [1.54, 1.807) is 0 Å². The minimum atomic E-state index is -0.364. The molecule has 6 rings (SSSR count). The Morgan fingerprint density at radius 3 is 2.05 bits per heavy atom. The van der Waals surface area contributed by atoms with Crippen LogP contribution in [0, 0.1) is 23.2 Å². The van der Waals surface area contributed by atoms with Gasteiger partial charge < -0.3 is 5.32 Å². The van der Waals surface area contributed by atoms with Crippen molar-refractivity contribution in [3.63, 3.8) is 0 Å². The highest BCUT2D eigenvalue weighted by Crippen LogP contribution is 2.61. The molecule has 1 N–H and O–H groups in total. The van der Waals surface area contributed by atoms with Crippen molar-refractivity contribution in [3.8, 4) is 0 Å². The van der Waals surface area contributed by atoms with Crippen molar-refractivity contribution in [1.29, 1.82) is 0 Å². The van der Waals surface area contributed by atoms with Gasteiger partial charge in [0.2, 0.25) is 0 Å². The van der Waals surface area contributed by atoms with Gasteiger partial charge in [-0.25, -0.2) is 0 Å². The van der Waals surface area contributed by atoms with Crippen LogP contribution < -0.4 is 5.32 Å². The summed E-state index contributed by atoms with van der Waals surface area (Å²) < 4.78 is 0. The van der Waals surface area contributed by atoms with Crippen LogP contribution in [0.5, 0.6) is 0 Å². The average Bonchev–Trinajstić information content (AvgIpc) is 2.76. The fourth-order valence-corrected chi connectivity index (χ4v) is 6.64. The highest BCUT2D eigenvalue weighted by Gasteiger charge is 2.57. The number of aliphatic imine (C=N–C) groups is 1. The molecule has 5 saturated carbocycles. The molecule has 5 aliphatic carbocycles. The van der Waals surface area contributed by atoms with Crippen LogP contribution in [0.25, 0.3) is 0 Å². The lowest BCUT2D eigenvalue weighted by atomic mass is 9.49. The van der Waals surface area contributed by atoms with Gasteiger partial charge in [0.05, 0.1) is 0 Å². The Morgan fingerprint density at radius 1 is 0.905 bits per heavy atom. The van der Waals surface area contributed by atoms with Gasteiger partial charge in [-0.05, 0) is 69.1 Å². The smallest absolute Gasteiger partial charge is 0.253 e. The minimum absolute atomic E-state index is 0.230. The van der Waals surface area contributed by atoms with Gasteiger partial charge in [-0.2, -0.15) is 0 Å². The third-order valence-corrected chi connectivity index (χ3v) is 7.20. The summed E-state index contributed by atoms with van der Waals surface area (Å²) in [5.41, 5.74) is -0.109. The number of hydrogen-bond donors (Lipinski definition) is 1. The zero-order valence-corrected chi connectivity index (χ0v) is 12.9. The molecule has 3 nitrogen and oxygen atoms in total. The second-order valence-electron chi connectivity index (χ2n) is 8.70. The van der Waals surface area contributed by atoms with Crippen LogP contribution in [-0.4, -0.2) is 17.3 Å². The van der Waals surface area contributed by atoms with E-state index in [9.17, 15) is 4.79 Å². The van der Waals surface area contributed by atoms with Crippen LogP contribution in [0.2, 0.25) is 0 Å². The molecule has 1 heterocycles. The average molecular weight is 286 g/mol. The zero-order valence-electron chi connectivity index (χ0n) is 12.9. The van der Waals surface area contributed by atoms with Crippen molar-refractivity contribution in [2.24, 2.45) is 28.2 Å². The molecule has 0 aromatic rings. The first-order valence-corrected chi connectivity index (χ1v) is 9.09. The van der Waals surface area contributed by atoms with E-state index in [2.05, 4.69) is 5.32 Å². The molecule has 0 aromatic heterocycles. The highest BCUT2D eigenvalue weighted by atomic mass is 16.2. The first kappa shape index (κ1) is 12.7. The predicted molar refractivity (Wildman–Crippen MR) is 82.0 cm³/mol. The summed E-state index contributed by atoms with van der Waals surface area (Å²) in [4.78, 5) is 17.7. The second-order valence-corrected chi connectivity index (χ2v) is 8.70. The summed E-state index contributed by atoms with van der Waals surface area (Å²) in [7, 11) is 0. The van der Waals surface area contributed by atoms with Gasteiger partial charge in [0.25, 0.3) is 5.91 Å². The molecule has 1 amide bonds. The molecule has 1 aliphatic heterocycles. The van der Waals surface area contributed by atoms with Crippen molar-refractivity contribution in [3.05, 3.63) is 0 Å². The largest absolute Gasteiger partial charge is 0.312 e. The van der Waals surface area contributed by atoms with Gasteiger partial charge in [-0.3, -0.25) is 9.79 Å². The maximum atomic E-state index is 12.6. The Bertz CT molecular complexity index is 480. The Balaban J connectivity index is 1.50. The molecule has 1 spiro atoms. The van der Waals surface area contributed by atoms with Crippen LogP contribution in [-0.2, 0) is 4.79 Å². The molecule has 21 heavy (non-hydrogen) atoms. The number of rotatable bonds is 1. The third-order valence-electron chi connectivity index (χ3n) is 7.20. The molecule has 0 unspecified atom stereocenters. The van der Waals surface area contributed by atoms with Crippen LogP contribution in [0.4, 0.5) is 0 Å². The van der Waals surface area contributed by atoms with Gasteiger partial charge in [-0.15, -0.1) is 0 Å². The lowest BCUT2D eigenvalue weighted by Crippen LogP contribution is -2.53. The minimum Gasteiger partial charge on any atom is -0.312 e. The SMILES string of the molecule is O=C1NC(C23CC4CC(CC(C4)C2)C3)=NC12CCCCC2. The van der Waals surface area contributed by atoms with Crippen molar-refractivity contribution in [2.75, 3.05) is 0 Å². The van der Waals surface area contributed by atoms with Crippen LogP contribution in [0.3, 0.4) is 0 Å². The van der Waals surface area contributed by atoms with Gasteiger partial charge in [-0.1, -0.05) is 19.3 Å². The maximum Gasteiger partial charge on any atom is 0.253 e. The summed E-state index contributed by atoms with van der Waals surface area (Å²) in [6.45, 7) is 0. The highest BCUT2D eigenvalue weighted by molar-refractivity contribution is 6.10. The summed E-state index contributed by atoms with van der Waals surface area (Å²) in [6, 6.07) is 0. The Labute approximate surface area is 127 Å². The van der Waals surface area contributed by atoms with E-state index in [1.807, 2.05) is 0 Å². The molecule has 0 atom stereocenters. The Morgan fingerprint density at radius 2 is 1.48 bits per heavy atom. The standard InChI is InChI=1S/C18H26N2O/c21-16-18(4-2-1-3-5-18)20-15(19-16)17-9-12-6-13(10-17)8-14(7-12)11-17/h12-14H,1-11H2,(H,19,20,21). The molecule has 114 valence electrons. The van der Waals surface area contributed by atoms with E-state index in [1.165, 1.54) is 57.8 Å². The molecule has 3 heteroatoms. The van der Waals surface area contributed by atoms with E-state index in [4.69, 9.17) is 4.99 Å². The van der Waals surface area contributed by atoms with E-state index in [-0.39, 0.29) is 16.9 Å². The van der Waals surface area contributed by atoms with Crippen LogP contribution in [0.15, 0.2) is 4.99 Å². The number of carbonyl (C=O) groups excluding carboxylic acids is 1. The molecule has 0 saturated heterocycles. The molecule has 6 aliphatic rings. The Kier molecular flexibility index (Phi) is 2.48. The number of amidine groups is 1. The first-order chi connectivity index (χ1) is 10.2. The third kappa shape index (κ3) is 1.72. The lowest BCUT2D eigenvalue weighted by molar-refractivity contribution is -0.124. The molecule has 5 fully saturated rings. The monoisotopic (exact) mass is 286 g/mol. The van der Waals surface area contributed by atoms with E-state index in [0.29, 0.717) is 0 Å². The first-order valence-electron chi connectivity index (χ1n) is 9.09. The molecule has 0 aromatic carbocycles. The second kappa shape index (κ2) is 4.11. The van der Waals surface area contributed by atoms with E-state index < -0.39 is 0 Å². The van der Waals surface area contributed by atoms with Crippen LogP contribution in [0.1, 0.15) is 70.6 Å². The number of hydrogen-bond acceptors (Lipinski definition) is 2. The quantitative estimate of drug-likeness (QED) is 0.788. The molecule has 4 bridgehead atoms. The van der Waals surface area contributed by atoms with Crippen molar-refractivity contribution in [2.45, 2.75) is 76.2 Å². The molecule has 0 radical (unpaired) electrons. The van der Waals surface area contributed by atoms with Gasteiger partial charge >= 0.3 is 0 Å². The predicted octanol–water partition coefficient (Wildman–Crippen LogP) is 3.43. The van der Waals surface area contributed by atoms with Gasteiger partial charge in [0, 0.05) is 5.41 Å². The summed E-state index contributed by atoms with van der Waals surface area (Å²) in [5.74, 6) is 4.10. The van der Waals surface area contributed by atoms with Crippen molar-refractivity contribution in [1.82, 2.24) is 5.32 Å². The zero-order chi connectivity index (χ0) is 14.1. The fourth-order valence-electron chi connectivity index (χ4n) is 6.64. The lowest BCUT2D eigenvalue weighted by Gasteiger charge is -2.56. The van der Waals surface area contributed by atoms with E-state index >= 15 is 0 Å². The summed E-state index contributed by atoms with van der Waals surface area (Å²) in [6.07, 6.45) is 13.8. The Hall–Kier alpha value is -0.860. The number of nitrogens with zero attached hydrogens (tertiary/aromatic N) is 1. The number of nitrogens with one attached hydrogen (secondary N) is 1. The van der Waals surface area contributed by atoms with Crippen molar-refractivity contribution >= 4 is 11.7 Å².